The second kappa shape index (κ2) is 4.26. The van der Waals surface area contributed by atoms with Gasteiger partial charge in [-0.25, -0.2) is 0 Å². The molecule has 0 aromatic carbocycles. The average molecular weight is 204 g/mol. The Bertz CT molecular complexity index is 378. The third-order valence-electron chi connectivity index (χ3n) is 2.91. The van der Waals surface area contributed by atoms with E-state index in [1.165, 1.54) is 6.20 Å². The quantitative estimate of drug-likeness (QED) is 0.755. The lowest BCUT2D eigenvalue weighted by Crippen LogP contribution is -2.41. The van der Waals surface area contributed by atoms with E-state index in [0.717, 1.165) is 6.42 Å². The highest BCUT2D eigenvalue weighted by Gasteiger charge is 2.24. The van der Waals surface area contributed by atoms with Crippen molar-refractivity contribution in [1.82, 2.24) is 10.2 Å². The van der Waals surface area contributed by atoms with E-state index in [1.54, 1.807) is 6.07 Å². The van der Waals surface area contributed by atoms with Crippen molar-refractivity contribution < 1.29 is 0 Å². The van der Waals surface area contributed by atoms with E-state index >= 15 is 0 Å². The average Bonchev–Trinajstić information content (AvgIpc) is 2.28. The molecule has 0 N–H and O–H groups in total. The highest BCUT2D eigenvalue weighted by molar-refractivity contribution is 5.53. The molecule has 15 heavy (non-hydrogen) atoms. The van der Waals surface area contributed by atoms with E-state index in [-0.39, 0.29) is 5.54 Å². The molecular formula is C11H16N4. The van der Waals surface area contributed by atoms with Crippen molar-refractivity contribution in [1.29, 1.82) is 5.26 Å². The van der Waals surface area contributed by atoms with Gasteiger partial charge < -0.3 is 4.90 Å². The summed E-state index contributed by atoms with van der Waals surface area (Å²) in [5.74, 6) is 0.645. The van der Waals surface area contributed by atoms with Crippen LogP contribution in [0.15, 0.2) is 12.3 Å². The Balaban J connectivity index is 3.12. The van der Waals surface area contributed by atoms with E-state index < -0.39 is 0 Å². The molecule has 0 saturated heterocycles. The first-order valence-electron chi connectivity index (χ1n) is 4.98. The molecule has 80 valence electrons. The maximum absolute atomic E-state index is 8.96. The summed E-state index contributed by atoms with van der Waals surface area (Å²) in [7, 11) is 1.94. The van der Waals surface area contributed by atoms with Gasteiger partial charge in [-0.2, -0.15) is 10.4 Å². The summed E-state index contributed by atoms with van der Waals surface area (Å²) in [6.07, 6.45) is 2.51. The zero-order valence-electron chi connectivity index (χ0n) is 9.65. The predicted molar refractivity (Wildman–Crippen MR) is 59.5 cm³/mol. The Kier molecular flexibility index (Phi) is 3.25. The SMILES string of the molecule is CCC(C)(C)N(C)c1nnccc1C#N. The van der Waals surface area contributed by atoms with Crippen molar-refractivity contribution >= 4 is 5.82 Å². The lowest BCUT2D eigenvalue weighted by Gasteiger charge is -2.35. The minimum atomic E-state index is -0.0262. The Morgan fingerprint density at radius 2 is 2.20 bits per heavy atom. The van der Waals surface area contributed by atoms with E-state index in [0.29, 0.717) is 11.4 Å². The molecule has 0 aliphatic carbocycles. The summed E-state index contributed by atoms with van der Waals surface area (Å²) in [6, 6.07) is 3.81. The molecule has 0 radical (unpaired) electrons. The zero-order valence-corrected chi connectivity index (χ0v) is 9.65. The smallest absolute Gasteiger partial charge is 0.169 e. The second-order valence-electron chi connectivity index (χ2n) is 4.11. The van der Waals surface area contributed by atoms with Crippen molar-refractivity contribution in [2.75, 3.05) is 11.9 Å². The molecule has 0 aliphatic heterocycles. The summed E-state index contributed by atoms with van der Waals surface area (Å²) in [4.78, 5) is 2.00. The topological polar surface area (TPSA) is 52.8 Å². The summed E-state index contributed by atoms with van der Waals surface area (Å²) in [5.41, 5.74) is 0.538. The standard InChI is InChI=1S/C11H16N4/c1-5-11(2,3)15(4)10-9(8-12)6-7-13-14-10/h6-7H,5H2,1-4H3. The molecule has 0 aliphatic rings. The van der Waals surface area contributed by atoms with Crippen LogP contribution in [0, 0.1) is 11.3 Å². The van der Waals surface area contributed by atoms with Gasteiger partial charge in [-0.1, -0.05) is 6.92 Å². The summed E-state index contributed by atoms with van der Waals surface area (Å²) < 4.78 is 0. The monoisotopic (exact) mass is 204 g/mol. The number of nitriles is 1. The molecule has 0 amide bonds. The molecule has 1 aromatic rings. The minimum Gasteiger partial charge on any atom is -0.352 e. The molecular weight excluding hydrogens is 188 g/mol. The first-order valence-corrected chi connectivity index (χ1v) is 4.98. The summed E-state index contributed by atoms with van der Waals surface area (Å²) in [6.45, 7) is 6.34. The molecule has 1 aromatic heterocycles. The molecule has 0 fully saturated rings. The largest absolute Gasteiger partial charge is 0.352 e. The van der Waals surface area contributed by atoms with Crippen LogP contribution < -0.4 is 4.90 Å². The number of rotatable bonds is 3. The Morgan fingerprint density at radius 3 is 2.73 bits per heavy atom. The van der Waals surface area contributed by atoms with E-state index in [2.05, 4.69) is 37.0 Å². The number of hydrogen-bond donors (Lipinski definition) is 0. The first kappa shape index (κ1) is 11.4. The van der Waals surface area contributed by atoms with Crippen molar-refractivity contribution in [2.24, 2.45) is 0 Å². The fraction of sp³-hybridized carbons (Fsp3) is 0.545. The van der Waals surface area contributed by atoms with Crippen LogP contribution in [-0.4, -0.2) is 22.8 Å². The van der Waals surface area contributed by atoms with Crippen molar-refractivity contribution in [3.8, 4) is 6.07 Å². The van der Waals surface area contributed by atoms with Crippen LogP contribution in [0.1, 0.15) is 32.8 Å². The van der Waals surface area contributed by atoms with Crippen molar-refractivity contribution in [3.05, 3.63) is 17.8 Å². The highest BCUT2D eigenvalue weighted by atomic mass is 15.3. The molecule has 0 saturated carbocycles. The van der Waals surface area contributed by atoms with E-state index in [4.69, 9.17) is 5.26 Å². The third kappa shape index (κ3) is 2.24. The minimum absolute atomic E-state index is 0.0262. The van der Waals surface area contributed by atoms with Crippen LogP contribution in [0.5, 0.6) is 0 Å². The van der Waals surface area contributed by atoms with Gasteiger partial charge in [-0.05, 0) is 26.3 Å². The van der Waals surface area contributed by atoms with Gasteiger partial charge in [0.05, 0.1) is 11.8 Å². The zero-order chi connectivity index (χ0) is 11.5. The fourth-order valence-corrected chi connectivity index (χ4v) is 1.18. The van der Waals surface area contributed by atoms with Gasteiger partial charge in [0, 0.05) is 12.6 Å². The summed E-state index contributed by atoms with van der Waals surface area (Å²) in [5, 5.41) is 16.8. The van der Waals surface area contributed by atoms with Crippen LogP contribution in [0.3, 0.4) is 0 Å². The summed E-state index contributed by atoms with van der Waals surface area (Å²) >= 11 is 0. The van der Waals surface area contributed by atoms with Gasteiger partial charge in [0.2, 0.25) is 0 Å². The van der Waals surface area contributed by atoms with Gasteiger partial charge in [-0.15, -0.1) is 5.10 Å². The molecule has 4 nitrogen and oxygen atoms in total. The Labute approximate surface area is 90.5 Å². The molecule has 0 unspecified atom stereocenters. The van der Waals surface area contributed by atoms with Crippen LogP contribution in [0.4, 0.5) is 5.82 Å². The van der Waals surface area contributed by atoms with E-state index in [9.17, 15) is 0 Å². The number of nitrogens with zero attached hydrogens (tertiary/aromatic N) is 4. The molecule has 0 spiro atoms. The lowest BCUT2D eigenvalue weighted by molar-refractivity contribution is 0.465. The second-order valence-corrected chi connectivity index (χ2v) is 4.11. The Morgan fingerprint density at radius 1 is 1.53 bits per heavy atom. The fourth-order valence-electron chi connectivity index (χ4n) is 1.18. The normalized spacial score (nSPS) is 10.9. The van der Waals surface area contributed by atoms with E-state index in [1.807, 2.05) is 11.9 Å². The molecule has 0 atom stereocenters. The van der Waals surface area contributed by atoms with Crippen molar-refractivity contribution in [2.45, 2.75) is 32.7 Å². The Hall–Kier alpha value is -1.63. The van der Waals surface area contributed by atoms with Crippen LogP contribution >= 0.6 is 0 Å². The van der Waals surface area contributed by atoms with Gasteiger partial charge >= 0.3 is 0 Å². The molecule has 4 heteroatoms. The molecule has 1 rings (SSSR count). The molecule has 0 bridgehead atoms. The maximum Gasteiger partial charge on any atom is 0.169 e. The number of anilines is 1. The number of aromatic nitrogens is 2. The van der Waals surface area contributed by atoms with Gasteiger partial charge in [-0.3, -0.25) is 0 Å². The highest BCUT2D eigenvalue weighted by Crippen LogP contribution is 2.24. The van der Waals surface area contributed by atoms with Crippen LogP contribution in [-0.2, 0) is 0 Å². The number of hydrogen-bond acceptors (Lipinski definition) is 4. The lowest BCUT2D eigenvalue weighted by atomic mass is 9.99. The van der Waals surface area contributed by atoms with Gasteiger partial charge in [0.25, 0.3) is 0 Å². The molecule has 1 heterocycles. The van der Waals surface area contributed by atoms with Crippen molar-refractivity contribution in [3.63, 3.8) is 0 Å². The van der Waals surface area contributed by atoms with Crippen LogP contribution in [0.2, 0.25) is 0 Å². The van der Waals surface area contributed by atoms with Gasteiger partial charge in [0.15, 0.2) is 5.82 Å². The van der Waals surface area contributed by atoms with Gasteiger partial charge in [0.1, 0.15) is 6.07 Å². The third-order valence-corrected chi connectivity index (χ3v) is 2.91. The maximum atomic E-state index is 8.96. The van der Waals surface area contributed by atoms with Crippen LogP contribution in [0.25, 0.3) is 0 Å². The predicted octanol–water partition coefficient (Wildman–Crippen LogP) is 1.97. The first-order chi connectivity index (χ1) is 7.03.